The van der Waals surface area contributed by atoms with E-state index in [-0.39, 0.29) is 11.0 Å². The van der Waals surface area contributed by atoms with Gasteiger partial charge in [0.15, 0.2) is 0 Å². The molecule has 28 heavy (non-hydrogen) atoms. The van der Waals surface area contributed by atoms with Crippen molar-refractivity contribution in [2.24, 2.45) is 0 Å². The highest BCUT2D eigenvalue weighted by molar-refractivity contribution is 5.21. The predicted molar refractivity (Wildman–Crippen MR) is 107 cm³/mol. The van der Waals surface area contributed by atoms with E-state index in [2.05, 4.69) is 27.6 Å². The van der Waals surface area contributed by atoms with Gasteiger partial charge in [-0.3, -0.25) is 4.98 Å². The van der Waals surface area contributed by atoms with E-state index in [1.165, 1.54) is 31.4 Å². The Morgan fingerprint density at radius 1 is 1.21 bits per heavy atom. The minimum absolute atomic E-state index is 0.0676. The fourth-order valence-corrected chi connectivity index (χ4v) is 4.94. The maximum Gasteiger partial charge on any atom is 0.233 e. The molecule has 0 aromatic carbocycles. The Hall–Kier alpha value is -2.05. The molecule has 1 saturated carbocycles. The smallest absolute Gasteiger partial charge is 0.233 e. The lowest BCUT2D eigenvalue weighted by molar-refractivity contribution is -0.104. The second-order valence-electron chi connectivity index (χ2n) is 8.19. The van der Waals surface area contributed by atoms with Crippen LogP contribution in [0.25, 0.3) is 0 Å². The molecule has 2 aromatic rings. The number of nitrogens with zero attached hydrogens (tertiary/aromatic N) is 3. The van der Waals surface area contributed by atoms with Crippen LogP contribution in [0, 0.1) is 0 Å². The summed E-state index contributed by atoms with van der Waals surface area (Å²) in [6.45, 7) is 2.52. The number of aromatic nitrogens is 3. The minimum atomic E-state index is 0.0676. The standard InChI is InChI=1S/C22H30N4O2/c1-27-20-14-18(16-25-26-20)15-23-12-9-21(19-6-2-5-11-24-19)10-13-28-22(17-21)7-3-4-8-22/h2,5-6,11,14,16,23H,3-4,7-10,12-13,15,17H2,1H3. The molecule has 0 radical (unpaired) electrons. The van der Waals surface area contributed by atoms with Crippen LogP contribution in [0.3, 0.4) is 0 Å². The van der Waals surface area contributed by atoms with Gasteiger partial charge in [0.25, 0.3) is 0 Å². The summed E-state index contributed by atoms with van der Waals surface area (Å²) in [6.07, 6.45) is 11.9. The summed E-state index contributed by atoms with van der Waals surface area (Å²) in [4.78, 5) is 4.77. The van der Waals surface area contributed by atoms with Gasteiger partial charge in [-0.05, 0) is 56.3 Å². The van der Waals surface area contributed by atoms with Crippen molar-refractivity contribution in [3.05, 3.63) is 47.9 Å². The zero-order chi connectivity index (χ0) is 19.3. The average molecular weight is 383 g/mol. The maximum atomic E-state index is 6.33. The lowest BCUT2D eigenvalue weighted by Gasteiger charge is -2.46. The topological polar surface area (TPSA) is 69.2 Å². The van der Waals surface area contributed by atoms with Gasteiger partial charge in [0.1, 0.15) is 0 Å². The van der Waals surface area contributed by atoms with Crippen molar-refractivity contribution < 1.29 is 9.47 Å². The lowest BCUT2D eigenvalue weighted by atomic mass is 9.68. The van der Waals surface area contributed by atoms with Gasteiger partial charge in [0.2, 0.25) is 5.88 Å². The average Bonchev–Trinajstić information content (AvgIpc) is 3.19. The fraction of sp³-hybridized carbons (Fsp3) is 0.591. The summed E-state index contributed by atoms with van der Waals surface area (Å²) in [7, 11) is 1.61. The van der Waals surface area contributed by atoms with E-state index in [9.17, 15) is 0 Å². The molecular formula is C22H30N4O2. The number of rotatable bonds is 7. The molecule has 3 heterocycles. The molecule has 2 fully saturated rings. The molecule has 4 rings (SSSR count). The summed E-state index contributed by atoms with van der Waals surface area (Å²) < 4.78 is 11.5. The van der Waals surface area contributed by atoms with E-state index in [0.29, 0.717) is 5.88 Å². The molecule has 2 aromatic heterocycles. The third kappa shape index (κ3) is 4.18. The first-order chi connectivity index (χ1) is 13.7. The van der Waals surface area contributed by atoms with E-state index in [4.69, 9.17) is 14.5 Å². The Bertz CT molecular complexity index is 764. The Morgan fingerprint density at radius 3 is 2.89 bits per heavy atom. The molecule has 6 nitrogen and oxygen atoms in total. The molecule has 1 aliphatic carbocycles. The minimum Gasteiger partial charge on any atom is -0.480 e. The first kappa shape index (κ1) is 19.3. The zero-order valence-corrected chi connectivity index (χ0v) is 16.7. The molecule has 150 valence electrons. The van der Waals surface area contributed by atoms with Crippen LogP contribution in [0.5, 0.6) is 5.88 Å². The first-order valence-corrected chi connectivity index (χ1v) is 10.4. The summed E-state index contributed by atoms with van der Waals surface area (Å²) in [5.41, 5.74) is 2.46. The van der Waals surface area contributed by atoms with Gasteiger partial charge in [0.05, 0.1) is 18.9 Å². The van der Waals surface area contributed by atoms with Gasteiger partial charge >= 0.3 is 0 Å². The second-order valence-corrected chi connectivity index (χ2v) is 8.19. The number of pyridine rings is 1. The van der Waals surface area contributed by atoms with Crippen LogP contribution in [0.2, 0.25) is 0 Å². The van der Waals surface area contributed by atoms with Crippen molar-refractivity contribution in [3.63, 3.8) is 0 Å². The van der Waals surface area contributed by atoms with E-state index < -0.39 is 0 Å². The second kappa shape index (κ2) is 8.53. The number of hydrogen-bond acceptors (Lipinski definition) is 6. The predicted octanol–water partition coefficient (Wildman–Crippen LogP) is 3.42. The third-order valence-electron chi connectivity index (χ3n) is 6.38. The molecule has 1 saturated heterocycles. The Kier molecular flexibility index (Phi) is 5.87. The molecule has 6 heteroatoms. The largest absolute Gasteiger partial charge is 0.480 e. The van der Waals surface area contributed by atoms with Gasteiger partial charge < -0.3 is 14.8 Å². The number of methoxy groups -OCH3 is 1. The highest BCUT2D eigenvalue weighted by Gasteiger charge is 2.48. The molecule has 0 bridgehead atoms. The summed E-state index contributed by atoms with van der Waals surface area (Å²) >= 11 is 0. The van der Waals surface area contributed by atoms with Crippen molar-refractivity contribution in [2.45, 2.75) is 62.5 Å². The van der Waals surface area contributed by atoms with Crippen LogP contribution in [0.15, 0.2) is 36.7 Å². The normalized spacial score (nSPS) is 23.8. The highest BCUT2D eigenvalue weighted by Crippen LogP contribution is 2.49. The monoisotopic (exact) mass is 382 g/mol. The SMILES string of the molecule is COc1cc(CNCCC2(c3ccccn3)CCOC3(CCCC3)C2)cnn1. The maximum absolute atomic E-state index is 6.33. The first-order valence-electron chi connectivity index (χ1n) is 10.4. The lowest BCUT2D eigenvalue weighted by Crippen LogP contribution is -2.47. The van der Waals surface area contributed by atoms with Gasteiger partial charge in [-0.1, -0.05) is 18.9 Å². The molecule has 1 atom stereocenters. The summed E-state index contributed by atoms with van der Waals surface area (Å²) in [5, 5.41) is 11.5. The molecule has 1 unspecified atom stereocenters. The molecule has 1 spiro atoms. The molecule has 2 aliphatic rings. The van der Waals surface area contributed by atoms with Crippen molar-refractivity contribution in [1.82, 2.24) is 20.5 Å². The van der Waals surface area contributed by atoms with Crippen LogP contribution in [-0.4, -0.2) is 41.0 Å². The molecule has 1 aliphatic heterocycles. The van der Waals surface area contributed by atoms with Crippen LogP contribution in [0.4, 0.5) is 0 Å². The highest BCUT2D eigenvalue weighted by atomic mass is 16.5. The third-order valence-corrected chi connectivity index (χ3v) is 6.38. The molecule has 1 N–H and O–H groups in total. The van der Waals surface area contributed by atoms with Crippen molar-refractivity contribution >= 4 is 0 Å². The van der Waals surface area contributed by atoms with Gasteiger partial charge in [-0.25, -0.2) is 0 Å². The number of ether oxygens (including phenoxy) is 2. The van der Waals surface area contributed by atoms with Crippen molar-refractivity contribution in [2.75, 3.05) is 20.3 Å². The van der Waals surface area contributed by atoms with Crippen LogP contribution in [-0.2, 0) is 16.7 Å². The van der Waals surface area contributed by atoms with Gasteiger partial charge in [-0.15, -0.1) is 5.10 Å². The van der Waals surface area contributed by atoms with E-state index >= 15 is 0 Å². The van der Waals surface area contributed by atoms with Crippen LogP contribution < -0.4 is 10.1 Å². The van der Waals surface area contributed by atoms with Crippen molar-refractivity contribution in [1.29, 1.82) is 0 Å². The molecular weight excluding hydrogens is 352 g/mol. The number of nitrogens with one attached hydrogen (secondary N) is 1. The van der Waals surface area contributed by atoms with Gasteiger partial charge in [0, 0.05) is 36.5 Å². The van der Waals surface area contributed by atoms with E-state index in [1.807, 2.05) is 18.3 Å². The Balaban J connectivity index is 1.44. The fourth-order valence-electron chi connectivity index (χ4n) is 4.94. The van der Waals surface area contributed by atoms with Crippen LogP contribution in [0.1, 0.15) is 56.2 Å². The van der Waals surface area contributed by atoms with E-state index in [0.717, 1.165) is 44.5 Å². The Morgan fingerprint density at radius 2 is 2.11 bits per heavy atom. The quantitative estimate of drug-likeness (QED) is 0.740. The van der Waals surface area contributed by atoms with Crippen LogP contribution >= 0.6 is 0 Å². The number of hydrogen-bond donors (Lipinski definition) is 1. The van der Waals surface area contributed by atoms with Gasteiger partial charge in [-0.2, -0.15) is 5.10 Å². The van der Waals surface area contributed by atoms with Crippen molar-refractivity contribution in [3.8, 4) is 5.88 Å². The summed E-state index contributed by atoms with van der Waals surface area (Å²) in [5.74, 6) is 0.553. The zero-order valence-electron chi connectivity index (χ0n) is 16.7. The molecule has 0 amide bonds. The van der Waals surface area contributed by atoms with E-state index in [1.54, 1.807) is 13.3 Å². The Labute approximate surface area is 167 Å². The summed E-state index contributed by atoms with van der Waals surface area (Å²) in [6, 6.07) is 8.25.